The number of halogens is 2. The molecule has 0 saturated heterocycles. The van der Waals surface area contributed by atoms with E-state index in [9.17, 15) is 4.79 Å². The van der Waals surface area contributed by atoms with Crippen LogP contribution in [0.15, 0.2) is 42.5 Å². The lowest BCUT2D eigenvalue weighted by Crippen LogP contribution is -2.20. The van der Waals surface area contributed by atoms with Crippen LogP contribution in [0.2, 0.25) is 5.02 Å². The van der Waals surface area contributed by atoms with Gasteiger partial charge in [0.25, 0.3) is 0 Å². The Kier molecular flexibility index (Phi) is 3.45. The Balaban J connectivity index is 1.99. The standard InChI is InChI=1S/C16H13Cl2NO/c1-19-14-7-6-10(8-11(14)9-15(19)20)16(18)12-4-2-3-5-13(12)17/h2-8,16H,9H2,1H3. The lowest BCUT2D eigenvalue weighted by molar-refractivity contribution is -0.117. The minimum Gasteiger partial charge on any atom is -0.315 e. The molecule has 0 fully saturated rings. The topological polar surface area (TPSA) is 20.3 Å². The highest BCUT2D eigenvalue weighted by Gasteiger charge is 2.25. The van der Waals surface area contributed by atoms with E-state index >= 15 is 0 Å². The van der Waals surface area contributed by atoms with E-state index in [2.05, 4.69) is 0 Å². The molecule has 1 atom stereocenters. The second kappa shape index (κ2) is 5.12. The van der Waals surface area contributed by atoms with Crippen LogP contribution >= 0.6 is 23.2 Å². The van der Waals surface area contributed by atoms with E-state index in [4.69, 9.17) is 23.2 Å². The number of benzene rings is 2. The molecule has 2 aromatic carbocycles. The average molecular weight is 306 g/mol. The normalized spacial score (nSPS) is 15.3. The van der Waals surface area contributed by atoms with Gasteiger partial charge in [-0.25, -0.2) is 0 Å². The summed E-state index contributed by atoms with van der Waals surface area (Å²) < 4.78 is 0. The van der Waals surface area contributed by atoms with Crippen LogP contribution < -0.4 is 4.90 Å². The number of amides is 1. The lowest BCUT2D eigenvalue weighted by Gasteiger charge is -2.14. The first-order valence-electron chi connectivity index (χ1n) is 6.36. The van der Waals surface area contributed by atoms with Gasteiger partial charge in [0, 0.05) is 17.8 Å². The van der Waals surface area contributed by atoms with Gasteiger partial charge in [-0.15, -0.1) is 11.6 Å². The molecule has 1 unspecified atom stereocenters. The van der Waals surface area contributed by atoms with E-state index in [-0.39, 0.29) is 11.3 Å². The minimum atomic E-state index is -0.310. The van der Waals surface area contributed by atoms with Crippen molar-refractivity contribution in [3.05, 3.63) is 64.2 Å². The zero-order valence-electron chi connectivity index (χ0n) is 10.9. The molecule has 0 N–H and O–H groups in total. The SMILES string of the molecule is CN1C(=O)Cc2cc(C(Cl)c3ccccc3Cl)ccc21. The highest BCUT2D eigenvalue weighted by molar-refractivity contribution is 6.33. The van der Waals surface area contributed by atoms with E-state index in [1.807, 2.05) is 42.5 Å². The summed E-state index contributed by atoms with van der Waals surface area (Å²) in [6.07, 6.45) is 0.436. The Labute approximate surface area is 127 Å². The second-order valence-corrected chi connectivity index (χ2v) is 5.75. The molecule has 1 aliphatic rings. The van der Waals surface area contributed by atoms with Crippen molar-refractivity contribution < 1.29 is 4.79 Å². The molecule has 0 saturated carbocycles. The smallest absolute Gasteiger partial charge is 0.231 e. The lowest BCUT2D eigenvalue weighted by atomic mass is 10.0. The highest BCUT2D eigenvalue weighted by atomic mass is 35.5. The van der Waals surface area contributed by atoms with Gasteiger partial charge in [0.05, 0.1) is 11.8 Å². The van der Waals surface area contributed by atoms with Crippen molar-refractivity contribution >= 4 is 34.8 Å². The summed E-state index contributed by atoms with van der Waals surface area (Å²) in [6.45, 7) is 0. The number of hydrogen-bond acceptors (Lipinski definition) is 1. The maximum Gasteiger partial charge on any atom is 0.231 e. The number of likely N-dealkylation sites (N-methyl/N-ethyl adjacent to an activating group) is 1. The summed E-state index contributed by atoms with van der Waals surface area (Å²) >= 11 is 12.7. The van der Waals surface area contributed by atoms with Gasteiger partial charge in [-0.3, -0.25) is 4.79 Å². The number of carbonyl (C=O) groups excluding carboxylic acids is 1. The van der Waals surface area contributed by atoms with Crippen molar-refractivity contribution in [3.8, 4) is 0 Å². The number of carbonyl (C=O) groups is 1. The van der Waals surface area contributed by atoms with Crippen molar-refractivity contribution in [2.75, 3.05) is 11.9 Å². The first-order chi connectivity index (χ1) is 9.58. The third-order valence-electron chi connectivity index (χ3n) is 3.65. The average Bonchev–Trinajstić information content (AvgIpc) is 2.73. The summed E-state index contributed by atoms with van der Waals surface area (Å²) in [5, 5.41) is 0.344. The van der Waals surface area contributed by atoms with Crippen molar-refractivity contribution in [2.24, 2.45) is 0 Å². The Bertz CT molecular complexity index is 684. The molecular weight excluding hydrogens is 293 g/mol. The van der Waals surface area contributed by atoms with E-state index < -0.39 is 0 Å². The molecular formula is C16H13Cl2NO. The molecule has 1 amide bonds. The molecule has 0 bridgehead atoms. The van der Waals surface area contributed by atoms with Crippen LogP contribution in [-0.4, -0.2) is 13.0 Å². The zero-order chi connectivity index (χ0) is 14.3. The van der Waals surface area contributed by atoms with Gasteiger partial charge in [0.15, 0.2) is 0 Å². The monoisotopic (exact) mass is 305 g/mol. The van der Waals surface area contributed by atoms with Crippen LogP contribution in [0.5, 0.6) is 0 Å². The van der Waals surface area contributed by atoms with Crippen LogP contribution in [0.3, 0.4) is 0 Å². The molecule has 102 valence electrons. The number of fused-ring (bicyclic) bond motifs is 1. The maximum atomic E-state index is 11.7. The molecule has 4 heteroatoms. The first kappa shape index (κ1) is 13.5. The number of anilines is 1. The molecule has 3 rings (SSSR count). The summed E-state index contributed by atoms with van der Waals surface area (Å²) in [5.41, 5.74) is 3.82. The van der Waals surface area contributed by atoms with E-state index in [0.29, 0.717) is 11.4 Å². The Morgan fingerprint density at radius 2 is 1.95 bits per heavy atom. The maximum absolute atomic E-state index is 11.7. The highest BCUT2D eigenvalue weighted by Crippen LogP contribution is 2.37. The zero-order valence-corrected chi connectivity index (χ0v) is 12.4. The first-order valence-corrected chi connectivity index (χ1v) is 7.17. The molecule has 1 aliphatic heterocycles. The van der Waals surface area contributed by atoms with Crippen molar-refractivity contribution in [1.82, 2.24) is 0 Å². The molecule has 1 heterocycles. The molecule has 0 spiro atoms. The van der Waals surface area contributed by atoms with Crippen molar-refractivity contribution in [3.63, 3.8) is 0 Å². The second-order valence-electron chi connectivity index (χ2n) is 4.90. The molecule has 2 nitrogen and oxygen atoms in total. The van der Waals surface area contributed by atoms with Gasteiger partial charge in [-0.1, -0.05) is 41.9 Å². The van der Waals surface area contributed by atoms with Gasteiger partial charge in [-0.05, 0) is 28.8 Å². The molecule has 2 aromatic rings. The van der Waals surface area contributed by atoms with Gasteiger partial charge < -0.3 is 4.90 Å². The molecule has 0 aliphatic carbocycles. The van der Waals surface area contributed by atoms with Crippen LogP contribution in [0.1, 0.15) is 22.1 Å². The van der Waals surface area contributed by atoms with Gasteiger partial charge in [-0.2, -0.15) is 0 Å². The summed E-state index contributed by atoms with van der Waals surface area (Å²) in [5.74, 6) is 0.112. The quantitative estimate of drug-likeness (QED) is 0.762. The minimum absolute atomic E-state index is 0.112. The van der Waals surface area contributed by atoms with Crippen LogP contribution in [-0.2, 0) is 11.2 Å². The largest absolute Gasteiger partial charge is 0.315 e. The van der Waals surface area contributed by atoms with Gasteiger partial charge in [0.2, 0.25) is 5.91 Å². The predicted octanol–water partition coefficient (Wildman–Crippen LogP) is 4.19. The Morgan fingerprint density at radius 3 is 2.70 bits per heavy atom. The number of nitrogens with zero attached hydrogens (tertiary/aromatic N) is 1. The van der Waals surface area contributed by atoms with Crippen molar-refractivity contribution in [2.45, 2.75) is 11.8 Å². The number of rotatable bonds is 2. The fraction of sp³-hybridized carbons (Fsp3) is 0.188. The third-order valence-corrected chi connectivity index (χ3v) is 4.48. The van der Waals surface area contributed by atoms with E-state index in [0.717, 1.165) is 22.4 Å². The van der Waals surface area contributed by atoms with E-state index in [1.54, 1.807) is 11.9 Å². The van der Waals surface area contributed by atoms with Gasteiger partial charge in [0.1, 0.15) is 0 Å². The summed E-state index contributed by atoms with van der Waals surface area (Å²) in [4.78, 5) is 13.4. The van der Waals surface area contributed by atoms with Crippen LogP contribution in [0.25, 0.3) is 0 Å². The Morgan fingerprint density at radius 1 is 1.20 bits per heavy atom. The van der Waals surface area contributed by atoms with Crippen LogP contribution in [0.4, 0.5) is 5.69 Å². The number of alkyl halides is 1. The summed E-state index contributed by atoms with van der Waals surface area (Å²) in [7, 11) is 1.79. The summed E-state index contributed by atoms with van der Waals surface area (Å²) in [6, 6.07) is 13.4. The van der Waals surface area contributed by atoms with Crippen LogP contribution in [0, 0.1) is 0 Å². The fourth-order valence-electron chi connectivity index (χ4n) is 2.51. The fourth-order valence-corrected chi connectivity index (χ4v) is 3.13. The van der Waals surface area contributed by atoms with E-state index in [1.165, 1.54) is 0 Å². The predicted molar refractivity (Wildman–Crippen MR) is 82.7 cm³/mol. The molecule has 20 heavy (non-hydrogen) atoms. The van der Waals surface area contributed by atoms with Crippen molar-refractivity contribution in [1.29, 1.82) is 0 Å². The van der Waals surface area contributed by atoms with Gasteiger partial charge >= 0.3 is 0 Å². The third kappa shape index (κ3) is 2.19. The molecule has 0 aromatic heterocycles. The number of hydrogen-bond donors (Lipinski definition) is 0. The Hall–Kier alpha value is -1.51. The molecule has 0 radical (unpaired) electrons.